The van der Waals surface area contributed by atoms with Gasteiger partial charge in [0.25, 0.3) is 0 Å². The second-order valence-electron chi connectivity index (χ2n) is 3.03. The number of hydrogen-bond acceptors (Lipinski definition) is 3. The van der Waals surface area contributed by atoms with Crippen LogP contribution in [0.4, 0.5) is 0 Å². The third kappa shape index (κ3) is 3.05. The van der Waals surface area contributed by atoms with Crippen molar-refractivity contribution >= 4 is 6.21 Å². The lowest BCUT2D eigenvalue weighted by Gasteiger charge is -2.17. The third-order valence-electron chi connectivity index (χ3n) is 1.94. The zero-order chi connectivity index (χ0) is 8.81. The van der Waals surface area contributed by atoms with Crippen molar-refractivity contribution in [2.45, 2.75) is 25.8 Å². The average Bonchev–Trinajstić information content (AvgIpc) is 2.16. The fraction of sp³-hybridized carbons (Fsp3) is 0.667. The second-order valence-corrected chi connectivity index (χ2v) is 3.03. The molecule has 0 aromatic heterocycles. The van der Waals surface area contributed by atoms with Gasteiger partial charge in [-0.05, 0) is 31.5 Å². The highest BCUT2D eigenvalue weighted by Gasteiger charge is 2.10. The fourth-order valence-corrected chi connectivity index (χ4v) is 1.10. The van der Waals surface area contributed by atoms with Crippen LogP contribution in [0.5, 0.6) is 0 Å². The largest absolute Gasteiger partial charge is 0.404 e. The van der Waals surface area contributed by atoms with E-state index >= 15 is 0 Å². The highest BCUT2D eigenvalue weighted by Crippen LogP contribution is 2.09. The molecule has 0 bridgehead atoms. The van der Waals surface area contributed by atoms with Gasteiger partial charge in [-0.25, -0.2) is 0 Å². The lowest BCUT2D eigenvalue weighted by Crippen LogP contribution is -2.18. The predicted molar refractivity (Wildman–Crippen MR) is 50.3 cm³/mol. The van der Waals surface area contributed by atoms with Crippen LogP contribution in [-0.2, 0) is 4.74 Å². The Balaban J connectivity index is 2.33. The molecule has 0 atom stereocenters. The second kappa shape index (κ2) is 4.93. The molecule has 0 spiro atoms. The van der Waals surface area contributed by atoms with Crippen molar-refractivity contribution in [1.29, 1.82) is 0 Å². The molecule has 0 aromatic carbocycles. The minimum atomic E-state index is 0.439. The smallest absolute Gasteiger partial charge is 0.0543 e. The molecule has 3 heteroatoms. The Kier molecular flexibility index (Phi) is 3.80. The molecular weight excluding hydrogens is 152 g/mol. The highest BCUT2D eigenvalue weighted by atomic mass is 16.5. The van der Waals surface area contributed by atoms with E-state index in [-0.39, 0.29) is 0 Å². The van der Waals surface area contributed by atoms with Crippen LogP contribution in [0.2, 0.25) is 0 Å². The van der Waals surface area contributed by atoms with Crippen molar-refractivity contribution < 1.29 is 4.74 Å². The van der Waals surface area contributed by atoms with Crippen LogP contribution < -0.4 is 5.73 Å². The summed E-state index contributed by atoms with van der Waals surface area (Å²) in [7, 11) is 0. The SMILES string of the molecule is CC(C=NC1CCOCC1)=CN. The van der Waals surface area contributed by atoms with Gasteiger partial charge >= 0.3 is 0 Å². The average molecular weight is 168 g/mol. The Morgan fingerprint density at radius 1 is 1.50 bits per heavy atom. The molecule has 68 valence electrons. The minimum absolute atomic E-state index is 0.439. The first-order valence-corrected chi connectivity index (χ1v) is 4.32. The summed E-state index contributed by atoms with van der Waals surface area (Å²) < 4.78 is 5.22. The van der Waals surface area contributed by atoms with Crippen LogP contribution in [0, 0.1) is 0 Å². The maximum Gasteiger partial charge on any atom is 0.0543 e. The summed E-state index contributed by atoms with van der Waals surface area (Å²) in [5, 5.41) is 0. The number of nitrogens with zero attached hydrogens (tertiary/aromatic N) is 1. The van der Waals surface area contributed by atoms with Crippen molar-refractivity contribution in [2.24, 2.45) is 10.7 Å². The van der Waals surface area contributed by atoms with Gasteiger partial charge in [-0.2, -0.15) is 0 Å². The Morgan fingerprint density at radius 3 is 2.75 bits per heavy atom. The van der Waals surface area contributed by atoms with Crippen molar-refractivity contribution in [3.63, 3.8) is 0 Å². The monoisotopic (exact) mass is 168 g/mol. The summed E-state index contributed by atoms with van der Waals surface area (Å²) in [6.07, 6.45) is 5.49. The van der Waals surface area contributed by atoms with Gasteiger partial charge in [0.1, 0.15) is 0 Å². The minimum Gasteiger partial charge on any atom is -0.404 e. The molecule has 2 N–H and O–H groups in total. The molecule has 1 aliphatic heterocycles. The van der Waals surface area contributed by atoms with E-state index in [0.29, 0.717) is 6.04 Å². The Labute approximate surface area is 73.3 Å². The number of nitrogens with two attached hydrogens (primary N) is 1. The summed E-state index contributed by atoms with van der Waals surface area (Å²) in [4.78, 5) is 4.40. The third-order valence-corrected chi connectivity index (χ3v) is 1.94. The predicted octanol–water partition coefficient (Wildman–Crippen LogP) is 1.10. The first-order chi connectivity index (χ1) is 5.83. The molecule has 3 nitrogen and oxygen atoms in total. The van der Waals surface area contributed by atoms with E-state index in [2.05, 4.69) is 4.99 Å². The fourth-order valence-electron chi connectivity index (χ4n) is 1.10. The molecule has 0 unspecified atom stereocenters. The van der Waals surface area contributed by atoms with E-state index in [1.807, 2.05) is 13.1 Å². The number of allylic oxidation sites excluding steroid dienone is 1. The highest BCUT2D eigenvalue weighted by molar-refractivity contribution is 5.77. The van der Waals surface area contributed by atoms with Gasteiger partial charge in [0.15, 0.2) is 0 Å². The van der Waals surface area contributed by atoms with Crippen LogP contribution >= 0.6 is 0 Å². The van der Waals surface area contributed by atoms with E-state index < -0.39 is 0 Å². The van der Waals surface area contributed by atoms with Gasteiger partial charge in [-0.3, -0.25) is 4.99 Å². The van der Waals surface area contributed by atoms with Crippen LogP contribution in [-0.4, -0.2) is 25.5 Å². The van der Waals surface area contributed by atoms with E-state index in [1.165, 1.54) is 0 Å². The number of ether oxygens (including phenoxy) is 1. The molecule has 1 heterocycles. The lowest BCUT2D eigenvalue weighted by atomic mass is 10.1. The summed E-state index contributed by atoms with van der Waals surface area (Å²) >= 11 is 0. The molecule has 0 aromatic rings. The molecule has 0 radical (unpaired) electrons. The molecule has 1 fully saturated rings. The number of rotatable bonds is 2. The van der Waals surface area contributed by atoms with Gasteiger partial charge in [-0.1, -0.05) is 0 Å². The maximum absolute atomic E-state index is 5.31. The zero-order valence-electron chi connectivity index (χ0n) is 7.49. The van der Waals surface area contributed by atoms with Crippen LogP contribution in [0.15, 0.2) is 16.8 Å². The van der Waals surface area contributed by atoms with Crippen molar-refractivity contribution in [3.05, 3.63) is 11.8 Å². The Hall–Kier alpha value is -0.830. The maximum atomic E-state index is 5.31. The lowest BCUT2D eigenvalue weighted by molar-refractivity contribution is 0.0872. The number of aliphatic imine (C=N–C) groups is 1. The molecule has 1 saturated heterocycles. The quantitative estimate of drug-likeness (QED) is 0.627. The Bertz CT molecular complexity index is 181. The topological polar surface area (TPSA) is 47.6 Å². The van der Waals surface area contributed by atoms with Gasteiger partial charge in [0.05, 0.1) is 6.04 Å². The summed E-state index contributed by atoms with van der Waals surface area (Å²) in [5.41, 5.74) is 6.32. The van der Waals surface area contributed by atoms with Crippen LogP contribution in [0.1, 0.15) is 19.8 Å². The van der Waals surface area contributed by atoms with Crippen molar-refractivity contribution in [2.75, 3.05) is 13.2 Å². The molecule has 1 rings (SSSR count). The molecule has 0 amide bonds. The first-order valence-electron chi connectivity index (χ1n) is 4.32. The first kappa shape index (κ1) is 9.26. The molecule has 1 aliphatic rings. The normalized spacial score (nSPS) is 21.9. The molecule has 0 saturated carbocycles. The van der Waals surface area contributed by atoms with Crippen LogP contribution in [0.25, 0.3) is 0 Å². The van der Waals surface area contributed by atoms with Gasteiger partial charge in [-0.15, -0.1) is 0 Å². The standard InChI is InChI=1S/C9H16N2O/c1-8(6-10)7-11-9-2-4-12-5-3-9/h6-7,9H,2-5,10H2,1H3. The summed E-state index contributed by atoms with van der Waals surface area (Å²) in [6.45, 7) is 3.63. The van der Waals surface area contributed by atoms with E-state index in [1.54, 1.807) is 6.20 Å². The van der Waals surface area contributed by atoms with Crippen molar-refractivity contribution in [1.82, 2.24) is 0 Å². The zero-order valence-corrected chi connectivity index (χ0v) is 7.49. The summed E-state index contributed by atoms with van der Waals surface area (Å²) in [5.74, 6) is 0. The van der Waals surface area contributed by atoms with Gasteiger partial charge < -0.3 is 10.5 Å². The molecule has 0 aliphatic carbocycles. The summed E-state index contributed by atoms with van der Waals surface area (Å²) in [6, 6.07) is 0.439. The van der Waals surface area contributed by atoms with Gasteiger partial charge in [0.2, 0.25) is 0 Å². The Morgan fingerprint density at radius 2 is 2.17 bits per heavy atom. The van der Waals surface area contributed by atoms with E-state index in [0.717, 1.165) is 31.6 Å². The van der Waals surface area contributed by atoms with Crippen molar-refractivity contribution in [3.8, 4) is 0 Å². The van der Waals surface area contributed by atoms with Gasteiger partial charge in [0, 0.05) is 19.4 Å². The van der Waals surface area contributed by atoms with Crippen LogP contribution in [0.3, 0.4) is 0 Å². The number of hydrogen-bond donors (Lipinski definition) is 1. The van der Waals surface area contributed by atoms with E-state index in [9.17, 15) is 0 Å². The molecule has 12 heavy (non-hydrogen) atoms. The molecular formula is C9H16N2O. The van der Waals surface area contributed by atoms with E-state index in [4.69, 9.17) is 10.5 Å².